The van der Waals surface area contributed by atoms with Gasteiger partial charge in [0.1, 0.15) is 11.6 Å². The Hall–Kier alpha value is -2.67. The van der Waals surface area contributed by atoms with Gasteiger partial charge in [-0.1, -0.05) is 42.1 Å². The minimum Gasteiger partial charge on any atom is -0.490 e. The van der Waals surface area contributed by atoms with Gasteiger partial charge < -0.3 is 9.64 Å². The van der Waals surface area contributed by atoms with Crippen molar-refractivity contribution in [2.45, 2.75) is 64.4 Å². The van der Waals surface area contributed by atoms with Crippen molar-refractivity contribution in [2.24, 2.45) is 5.10 Å². The lowest BCUT2D eigenvalue weighted by Crippen LogP contribution is -2.25. The molecule has 1 aliphatic carbocycles. The van der Waals surface area contributed by atoms with Gasteiger partial charge in [0.15, 0.2) is 0 Å². The van der Waals surface area contributed by atoms with Gasteiger partial charge in [0.05, 0.1) is 23.2 Å². The third kappa shape index (κ3) is 5.35. The first-order valence-electron chi connectivity index (χ1n) is 12.1. The quantitative estimate of drug-likeness (QED) is 0.338. The van der Waals surface area contributed by atoms with Crippen molar-refractivity contribution in [2.75, 3.05) is 19.0 Å². The summed E-state index contributed by atoms with van der Waals surface area (Å²) in [7, 11) is 4.01. The number of fused-ring (bicyclic) bond motifs is 1. The Morgan fingerprint density at radius 2 is 1.97 bits per heavy atom. The van der Waals surface area contributed by atoms with Crippen LogP contribution in [0.1, 0.15) is 69.7 Å². The van der Waals surface area contributed by atoms with Gasteiger partial charge in [-0.05, 0) is 56.5 Å². The van der Waals surface area contributed by atoms with Crippen LogP contribution in [0.2, 0.25) is 0 Å². The van der Waals surface area contributed by atoms with Crippen molar-refractivity contribution >= 4 is 38.7 Å². The third-order valence-electron chi connectivity index (χ3n) is 6.53. The lowest BCUT2D eigenvalue weighted by atomic mass is 9.88. The van der Waals surface area contributed by atoms with Crippen LogP contribution in [0.3, 0.4) is 0 Å². The summed E-state index contributed by atoms with van der Waals surface area (Å²) in [6, 6.07) is 11.7. The molecule has 1 saturated carbocycles. The van der Waals surface area contributed by atoms with Crippen molar-refractivity contribution in [1.29, 1.82) is 0 Å². The zero-order valence-corrected chi connectivity index (χ0v) is 22.0. The second-order valence-electron chi connectivity index (χ2n) is 9.28. The van der Waals surface area contributed by atoms with Gasteiger partial charge in [-0.15, -0.1) is 0 Å². The van der Waals surface area contributed by atoms with E-state index < -0.39 is 0 Å². The van der Waals surface area contributed by atoms with Crippen LogP contribution in [0.25, 0.3) is 10.9 Å². The SMILES string of the molecule is CC[C@@H](C)Oc1cc(N(C)C)ccc1C=Nn1c(C2CCCCC2)nc2ccc(Br)cc2c1=O. The highest BCUT2D eigenvalue weighted by atomic mass is 79.9. The highest BCUT2D eigenvalue weighted by molar-refractivity contribution is 9.10. The minimum absolute atomic E-state index is 0.0739. The molecule has 2 aromatic carbocycles. The predicted molar refractivity (Wildman–Crippen MR) is 144 cm³/mol. The Kier molecular flexibility index (Phi) is 7.71. The fraction of sp³-hybridized carbons (Fsp3) is 0.444. The number of ether oxygens (including phenoxy) is 1. The summed E-state index contributed by atoms with van der Waals surface area (Å²) in [5.41, 5.74) is 2.46. The van der Waals surface area contributed by atoms with Gasteiger partial charge in [0, 0.05) is 41.8 Å². The van der Waals surface area contributed by atoms with Crippen LogP contribution in [0.15, 0.2) is 50.8 Å². The van der Waals surface area contributed by atoms with E-state index in [1.165, 1.54) is 11.1 Å². The van der Waals surface area contributed by atoms with Crippen molar-refractivity contribution in [3.05, 3.63) is 62.6 Å². The average molecular weight is 525 g/mol. The molecular formula is C27H33BrN4O2. The fourth-order valence-electron chi connectivity index (χ4n) is 4.33. The number of halogens is 1. The standard InChI is InChI=1S/C27H33BrN4O2/c1-5-18(2)34-25-16-22(31(3)4)13-11-20(25)17-29-32-26(19-9-7-6-8-10-19)30-24-14-12-21(28)15-23(24)27(32)33/h11-19H,5-10H2,1-4H3/t18-/m1/s1. The second-order valence-corrected chi connectivity index (χ2v) is 10.2. The van der Waals surface area contributed by atoms with Crippen molar-refractivity contribution < 1.29 is 4.74 Å². The number of nitrogens with zero attached hydrogens (tertiary/aromatic N) is 4. The van der Waals surface area contributed by atoms with E-state index in [9.17, 15) is 4.79 Å². The molecule has 0 N–H and O–H groups in total. The number of benzene rings is 2. The van der Waals surface area contributed by atoms with E-state index in [1.807, 2.05) is 55.4 Å². The zero-order valence-electron chi connectivity index (χ0n) is 20.4. The molecule has 1 heterocycles. The largest absolute Gasteiger partial charge is 0.490 e. The maximum Gasteiger partial charge on any atom is 0.282 e. The molecule has 0 bridgehead atoms. The Morgan fingerprint density at radius 1 is 1.21 bits per heavy atom. The molecule has 3 aromatic rings. The average Bonchev–Trinajstić information content (AvgIpc) is 2.84. The van der Waals surface area contributed by atoms with Gasteiger partial charge in [0.2, 0.25) is 0 Å². The molecule has 1 fully saturated rings. The van der Waals surface area contributed by atoms with Crippen molar-refractivity contribution in [1.82, 2.24) is 9.66 Å². The highest BCUT2D eigenvalue weighted by Gasteiger charge is 2.22. The van der Waals surface area contributed by atoms with Crippen LogP contribution < -0.4 is 15.2 Å². The molecule has 0 unspecified atom stereocenters. The van der Waals surface area contributed by atoms with Crippen LogP contribution in [-0.2, 0) is 0 Å². The van der Waals surface area contributed by atoms with Gasteiger partial charge in [0.25, 0.3) is 5.56 Å². The molecule has 0 aliphatic heterocycles. The maximum atomic E-state index is 13.6. The number of hydrogen-bond acceptors (Lipinski definition) is 5. The Morgan fingerprint density at radius 3 is 2.68 bits per heavy atom. The first-order valence-corrected chi connectivity index (χ1v) is 12.9. The summed E-state index contributed by atoms with van der Waals surface area (Å²) in [6.45, 7) is 4.16. The first-order chi connectivity index (χ1) is 16.4. The van der Waals surface area contributed by atoms with E-state index in [1.54, 1.807) is 6.21 Å². The fourth-order valence-corrected chi connectivity index (χ4v) is 4.69. The van der Waals surface area contributed by atoms with Gasteiger partial charge in [-0.2, -0.15) is 9.78 Å². The second kappa shape index (κ2) is 10.7. The monoisotopic (exact) mass is 524 g/mol. The van der Waals surface area contributed by atoms with Crippen LogP contribution in [-0.4, -0.2) is 36.1 Å². The van der Waals surface area contributed by atoms with Crippen molar-refractivity contribution in [3.8, 4) is 5.75 Å². The smallest absolute Gasteiger partial charge is 0.282 e. The van der Waals surface area contributed by atoms with Crippen LogP contribution >= 0.6 is 15.9 Å². The molecule has 0 saturated heterocycles. The Labute approximate surface area is 209 Å². The molecule has 0 spiro atoms. The van der Waals surface area contributed by atoms with Gasteiger partial charge >= 0.3 is 0 Å². The minimum atomic E-state index is -0.141. The highest BCUT2D eigenvalue weighted by Crippen LogP contribution is 2.32. The van der Waals surface area contributed by atoms with Gasteiger partial charge in [-0.3, -0.25) is 4.79 Å². The lowest BCUT2D eigenvalue weighted by molar-refractivity contribution is 0.217. The molecule has 1 aromatic heterocycles. The van der Waals surface area contributed by atoms with E-state index in [-0.39, 0.29) is 17.6 Å². The molecule has 34 heavy (non-hydrogen) atoms. The van der Waals surface area contributed by atoms with Crippen LogP contribution in [0, 0.1) is 0 Å². The predicted octanol–water partition coefficient (Wildman–Crippen LogP) is 6.33. The molecule has 180 valence electrons. The molecule has 4 rings (SSSR count). The Bertz CT molecular complexity index is 1250. The summed E-state index contributed by atoms with van der Waals surface area (Å²) >= 11 is 3.48. The normalized spacial score (nSPS) is 15.7. The van der Waals surface area contributed by atoms with E-state index >= 15 is 0 Å². The van der Waals surface area contributed by atoms with E-state index in [0.29, 0.717) is 5.39 Å². The van der Waals surface area contributed by atoms with E-state index in [4.69, 9.17) is 14.8 Å². The van der Waals surface area contributed by atoms with E-state index in [2.05, 4.69) is 29.8 Å². The molecule has 0 radical (unpaired) electrons. The van der Waals surface area contributed by atoms with Crippen LogP contribution in [0.5, 0.6) is 5.75 Å². The molecular weight excluding hydrogens is 492 g/mol. The summed E-state index contributed by atoms with van der Waals surface area (Å²) < 4.78 is 8.57. The number of rotatable bonds is 7. The number of aromatic nitrogens is 2. The lowest BCUT2D eigenvalue weighted by Gasteiger charge is -2.23. The summed E-state index contributed by atoms with van der Waals surface area (Å²) in [6.07, 6.45) is 8.31. The molecule has 7 heteroatoms. The van der Waals surface area contributed by atoms with Gasteiger partial charge in [-0.25, -0.2) is 4.98 Å². The molecule has 1 aliphatic rings. The topological polar surface area (TPSA) is 59.7 Å². The van der Waals surface area contributed by atoms with Crippen molar-refractivity contribution in [3.63, 3.8) is 0 Å². The molecule has 6 nitrogen and oxygen atoms in total. The summed E-state index contributed by atoms with van der Waals surface area (Å²) in [5.74, 6) is 1.75. The summed E-state index contributed by atoms with van der Waals surface area (Å²) in [4.78, 5) is 20.5. The van der Waals surface area contributed by atoms with E-state index in [0.717, 1.165) is 64.9 Å². The summed E-state index contributed by atoms with van der Waals surface area (Å²) in [5, 5.41) is 5.27. The third-order valence-corrected chi connectivity index (χ3v) is 7.03. The zero-order chi connectivity index (χ0) is 24.2. The number of anilines is 1. The first kappa shape index (κ1) is 24.5. The maximum absolute atomic E-state index is 13.6. The van der Waals surface area contributed by atoms with Crippen LogP contribution in [0.4, 0.5) is 5.69 Å². The number of hydrogen-bond donors (Lipinski definition) is 0. The Balaban J connectivity index is 1.82. The molecule has 1 atom stereocenters. The molecule has 0 amide bonds.